The zero-order chi connectivity index (χ0) is 13.8. The van der Waals surface area contributed by atoms with Crippen molar-refractivity contribution in [1.82, 2.24) is 0 Å². The first-order valence-corrected chi connectivity index (χ1v) is 5.85. The van der Waals surface area contributed by atoms with Gasteiger partial charge in [0.2, 0.25) is 0 Å². The summed E-state index contributed by atoms with van der Waals surface area (Å²) in [5.74, 6) is 1.24. The van der Waals surface area contributed by atoms with Crippen molar-refractivity contribution >= 4 is 12.6 Å². The molecule has 0 aliphatic rings. The second kappa shape index (κ2) is 5.78. The summed E-state index contributed by atoms with van der Waals surface area (Å²) in [5, 5.41) is 18.9. The highest BCUT2D eigenvalue weighted by molar-refractivity contribution is 6.60. The van der Waals surface area contributed by atoms with Crippen LogP contribution in [0.15, 0.2) is 42.5 Å². The Kier molecular flexibility index (Phi) is 4.09. The predicted octanol–water partition coefficient (Wildman–Crippen LogP) is 1.05. The Bertz CT molecular complexity index is 547. The summed E-state index contributed by atoms with van der Waals surface area (Å²) in [6, 6.07) is 12.5. The molecule has 2 rings (SSSR count). The van der Waals surface area contributed by atoms with E-state index in [1.807, 2.05) is 12.1 Å². The molecule has 0 saturated carbocycles. The maximum absolute atomic E-state index is 9.47. The van der Waals surface area contributed by atoms with E-state index >= 15 is 0 Å². The normalized spacial score (nSPS) is 10.1. The quantitative estimate of drug-likeness (QED) is 0.805. The molecule has 5 heteroatoms. The maximum atomic E-state index is 9.47. The molecule has 0 radical (unpaired) electrons. The first kappa shape index (κ1) is 13.5. The van der Waals surface area contributed by atoms with E-state index < -0.39 is 7.12 Å². The van der Waals surface area contributed by atoms with E-state index in [2.05, 4.69) is 0 Å². The van der Waals surface area contributed by atoms with Crippen LogP contribution in [0.1, 0.15) is 0 Å². The number of hydrogen-bond acceptors (Lipinski definition) is 4. The van der Waals surface area contributed by atoms with E-state index in [0.717, 1.165) is 0 Å². The van der Waals surface area contributed by atoms with Crippen LogP contribution in [0.25, 0.3) is 11.1 Å². The lowest BCUT2D eigenvalue weighted by Crippen LogP contribution is -2.31. The number of ether oxygens (including phenoxy) is 2. The highest BCUT2D eigenvalue weighted by atomic mass is 16.5. The SMILES string of the molecule is COc1cccc(OC)c1-c1ccccc1B(O)O. The molecule has 0 aromatic heterocycles. The van der Waals surface area contributed by atoms with Crippen molar-refractivity contribution in [2.24, 2.45) is 0 Å². The fraction of sp³-hybridized carbons (Fsp3) is 0.143. The lowest BCUT2D eigenvalue weighted by molar-refractivity contribution is 0.397. The Balaban J connectivity index is 2.71. The van der Waals surface area contributed by atoms with E-state index in [4.69, 9.17) is 9.47 Å². The minimum Gasteiger partial charge on any atom is -0.496 e. The van der Waals surface area contributed by atoms with Gasteiger partial charge in [0.1, 0.15) is 11.5 Å². The Morgan fingerprint density at radius 3 is 1.95 bits per heavy atom. The molecule has 19 heavy (non-hydrogen) atoms. The topological polar surface area (TPSA) is 58.9 Å². The number of benzene rings is 2. The highest BCUT2D eigenvalue weighted by Crippen LogP contribution is 2.37. The summed E-state index contributed by atoms with van der Waals surface area (Å²) >= 11 is 0. The first-order valence-electron chi connectivity index (χ1n) is 5.85. The van der Waals surface area contributed by atoms with Gasteiger partial charge in [-0.2, -0.15) is 0 Å². The van der Waals surface area contributed by atoms with Crippen LogP contribution in [-0.2, 0) is 0 Å². The van der Waals surface area contributed by atoms with Gasteiger partial charge < -0.3 is 19.5 Å². The van der Waals surface area contributed by atoms with Crippen LogP contribution in [0.2, 0.25) is 0 Å². The fourth-order valence-electron chi connectivity index (χ4n) is 2.07. The molecule has 0 fully saturated rings. The van der Waals surface area contributed by atoms with Crippen molar-refractivity contribution in [2.75, 3.05) is 14.2 Å². The molecule has 2 N–H and O–H groups in total. The molecule has 0 amide bonds. The van der Waals surface area contributed by atoms with Gasteiger partial charge in [0, 0.05) is 0 Å². The summed E-state index contributed by atoms with van der Waals surface area (Å²) in [6.07, 6.45) is 0. The third kappa shape index (κ3) is 2.57. The Labute approximate surface area is 112 Å². The smallest absolute Gasteiger partial charge is 0.489 e. The molecule has 0 heterocycles. The molecular weight excluding hydrogens is 243 g/mol. The van der Waals surface area contributed by atoms with Gasteiger partial charge in [-0.15, -0.1) is 0 Å². The Hall–Kier alpha value is -1.98. The predicted molar refractivity (Wildman–Crippen MR) is 74.8 cm³/mol. The molecule has 0 aliphatic heterocycles. The number of hydrogen-bond donors (Lipinski definition) is 2. The average Bonchev–Trinajstić information content (AvgIpc) is 2.46. The van der Waals surface area contributed by atoms with Crippen LogP contribution in [0.3, 0.4) is 0 Å². The molecule has 0 spiro atoms. The van der Waals surface area contributed by atoms with E-state index in [0.29, 0.717) is 28.1 Å². The molecule has 0 bridgehead atoms. The van der Waals surface area contributed by atoms with E-state index in [1.165, 1.54) is 0 Å². The Morgan fingerprint density at radius 1 is 0.842 bits per heavy atom. The van der Waals surface area contributed by atoms with E-state index in [-0.39, 0.29) is 0 Å². The van der Waals surface area contributed by atoms with Gasteiger partial charge in [-0.3, -0.25) is 0 Å². The third-order valence-electron chi connectivity index (χ3n) is 2.94. The molecule has 4 nitrogen and oxygen atoms in total. The largest absolute Gasteiger partial charge is 0.496 e. The summed E-state index contributed by atoms with van der Waals surface area (Å²) in [7, 11) is 1.58. The zero-order valence-electron chi connectivity index (χ0n) is 10.8. The molecule has 98 valence electrons. The van der Waals surface area contributed by atoms with Crippen molar-refractivity contribution in [3.8, 4) is 22.6 Å². The summed E-state index contributed by atoms with van der Waals surface area (Å²) in [4.78, 5) is 0. The Morgan fingerprint density at radius 2 is 1.42 bits per heavy atom. The van der Waals surface area contributed by atoms with Crippen LogP contribution in [0.5, 0.6) is 11.5 Å². The third-order valence-corrected chi connectivity index (χ3v) is 2.94. The van der Waals surface area contributed by atoms with Gasteiger partial charge in [0.25, 0.3) is 0 Å². The number of rotatable bonds is 4. The molecular formula is C14H15BO4. The summed E-state index contributed by atoms with van der Waals surface area (Å²) in [6.45, 7) is 0. The lowest BCUT2D eigenvalue weighted by Gasteiger charge is -2.16. The van der Waals surface area contributed by atoms with Gasteiger partial charge in [-0.25, -0.2) is 0 Å². The van der Waals surface area contributed by atoms with Crippen molar-refractivity contribution in [2.45, 2.75) is 0 Å². The van der Waals surface area contributed by atoms with E-state index in [1.54, 1.807) is 44.6 Å². The minimum atomic E-state index is -1.55. The van der Waals surface area contributed by atoms with Gasteiger partial charge in [0.05, 0.1) is 19.8 Å². The second-order valence-electron chi connectivity index (χ2n) is 4.00. The van der Waals surface area contributed by atoms with Crippen molar-refractivity contribution in [3.63, 3.8) is 0 Å². The second-order valence-corrected chi connectivity index (χ2v) is 4.00. The maximum Gasteiger partial charge on any atom is 0.489 e. The van der Waals surface area contributed by atoms with Crippen molar-refractivity contribution in [1.29, 1.82) is 0 Å². The summed E-state index contributed by atoms with van der Waals surface area (Å²) in [5.41, 5.74) is 1.79. The van der Waals surface area contributed by atoms with E-state index in [9.17, 15) is 10.0 Å². The van der Waals surface area contributed by atoms with Crippen LogP contribution in [0, 0.1) is 0 Å². The standard InChI is InChI=1S/C14H15BO4/c1-18-12-8-5-9-13(19-2)14(12)10-6-3-4-7-11(10)15(16)17/h3-9,16-17H,1-2H3. The fourth-order valence-corrected chi connectivity index (χ4v) is 2.07. The average molecular weight is 258 g/mol. The molecule has 0 saturated heterocycles. The minimum absolute atomic E-state index is 0.408. The van der Waals surface area contributed by atoms with Crippen LogP contribution in [-0.4, -0.2) is 31.4 Å². The van der Waals surface area contributed by atoms with Gasteiger partial charge >= 0.3 is 7.12 Å². The van der Waals surface area contributed by atoms with Crippen molar-refractivity contribution in [3.05, 3.63) is 42.5 Å². The van der Waals surface area contributed by atoms with Crippen LogP contribution >= 0.6 is 0 Å². The zero-order valence-corrected chi connectivity index (χ0v) is 10.8. The molecule has 0 aliphatic carbocycles. The lowest BCUT2D eigenvalue weighted by atomic mass is 9.75. The van der Waals surface area contributed by atoms with Gasteiger partial charge in [-0.05, 0) is 23.2 Å². The van der Waals surface area contributed by atoms with Crippen molar-refractivity contribution < 1.29 is 19.5 Å². The van der Waals surface area contributed by atoms with Gasteiger partial charge in [0.15, 0.2) is 0 Å². The first-order chi connectivity index (χ1) is 9.19. The van der Waals surface area contributed by atoms with Gasteiger partial charge in [-0.1, -0.05) is 30.3 Å². The molecule has 2 aromatic rings. The van der Waals surface area contributed by atoms with Crippen LogP contribution < -0.4 is 14.9 Å². The van der Waals surface area contributed by atoms with Crippen LogP contribution in [0.4, 0.5) is 0 Å². The molecule has 0 atom stereocenters. The molecule has 0 unspecified atom stereocenters. The summed E-state index contributed by atoms with van der Waals surface area (Å²) < 4.78 is 10.7. The monoisotopic (exact) mass is 258 g/mol. The molecule has 2 aromatic carbocycles. The number of methoxy groups -OCH3 is 2. The highest BCUT2D eigenvalue weighted by Gasteiger charge is 2.21.